The second-order valence-corrected chi connectivity index (χ2v) is 21.6. The van der Waals surface area contributed by atoms with Gasteiger partial charge in [-0.1, -0.05) is 294 Å². The third-order valence-corrected chi connectivity index (χ3v) is 13.8. The Balaban J connectivity index is 4.18. The Morgan fingerprint density at radius 2 is 0.476 bits per heavy atom. The number of esters is 3. The second-order valence-electron chi connectivity index (χ2n) is 21.6. The van der Waals surface area contributed by atoms with Crippen LogP contribution in [0.3, 0.4) is 0 Å². The van der Waals surface area contributed by atoms with Gasteiger partial charge in [0.2, 0.25) is 0 Å². The molecule has 0 aromatic rings. The Kier molecular flexibility index (Phi) is 64.4. The smallest absolute Gasteiger partial charge is 0.306 e. The third-order valence-electron chi connectivity index (χ3n) is 13.8. The van der Waals surface area contributed by atoms with Crippen LogP contribution in [0.1, 0.15) is 284 Å². The minimum Gasteiger partial charge on any atom is -0.462 e. The molecule has 0 saturated heterocycles. The molecule has 0 aliphatic heterocycles. The van der Waals surface area contributed by atoms with Gasteiger partial charge in [0.25, 0.3) is 0 Å². The van der Waals surface area contributed by atoms with Crippen LogP contribution in [0.2, 0.25) is 0 Å². The fourth-order valence-electron chi connectivity index (χ4n) is 8.84. The summed E-state index contributed by atoms with van der Waals surface area (Å²) in [5.41, 5.74) is 0. The zero-order valence-electron chi connectivity index (χ0n) is 52.9. The van der Waals surface area contributed by atoms with Gasteiger partial charge in [-0.2, -0.15) is 0 Å². The summed E-state index contributed by atoms with van der Waals surface area (Å²) in [5, 5.41) is 0. The lowest BCUT2D eigenvalue weighted by Crippen LogP contribution is -2.30. The van der Waals surface area contributed by atoms with E-state index in [9.17, 15) is 14.4 Å². The second kappa shape index (κ2) is 68.5. The van der Waals surface area contributed by atoms with Crippen LogP contribution in [-0.2, 0) is 28.6 Å². The molecule has 0 saturated carbocycles. The van der Waals surface area contributed by atoms with Crippen LogP contribution < -0.4 is 0 Å². The molecule has 0 aromatic heterocycles. The molecule has 1 unspecified atom stereocenters. The van der Waals surface area contributed by atoms with Crippen molar-refractivity contribution in [3.63, 3.8) is 0 Å². The lowest BCUT2D eigenvalue weighted by Gasteiger charge is -2.18. The summed E-state index contributed by atoms with van der Waals surface area (Å²) in [6, 6.07) is 0. The first-order valence-electron chi connectivity index (χ1n) is 33.5. The summed E-state index contributed by atoms with van der Waals surface area (Å²) < 4.78 is 16.8. The first-order chi connectivity index (χ1) is 40.5. The van der Waals surface area contributed by atoms with Crippen molar-refractivity contribution in [1.29, 1.82) is 0 Å². The van der Waals surface area contributed by atoms with Gasteiger partial charge >= 0.3 is 17.9 Å². The predicted octanol–water partition coefficient (Wildman–Crippen LogP) is 23.3. The Morgan fingerprint density at radius 3 is 0.768 bits per heavy atom. The zero-order valence-corrected chi connectivity index (χ0v) is 52.9. The van der Waals surface area contributed by atoms with E-state index < -0.39 is 6.10 Å². The van der Waals surface area contributed by atoms with E-state index in [1.165, 1.54) is 103 Å². The van der Waals surface area contributed by atoms with Crippen molar-refractivity contribution >= 4 is 17.9 Å². The van der Waals surface area contributed by atoms with Crippen molar-refractivity contribution in [1.82, 2.24) is 0 Å². The largest absolute Gasteiger partial charge is 0.462 e. The number of hydrogen-bond acceptors (Lipinski definition) is 6. The van der Waals surface area contributed by atoms with Crippen molar-refractivity contribution in [3.8, 4) is 0 Å². The SMILES string of the molecule is CC/C=C\C/C=C\C/C=C\C/C=C\C/C=C\C/C=C\C/C=C\CCCCCCCCCCCCCCCC(=O)OCC(COC(=O)CCCCCCCCCC)OC(=O)CCCC/C=C\C/C=C\C/C=C\C/C=C\C/C=C\C/C=C\CC. The number of unbranched alkanes of at least 4 members (excludes halogenated alkanes) is 22. The van der Waals surface area contributed by atoms with Gasteiger partial charge in [0.05, 0.1) is 0 Å². The summed E-state index contributed by atoms with van der Waals surface area (Å²) in [6.45, 7) is 6.35. The molecule has 0 N–H and O–H groups in total. The summed E-state index contributed by atoms with van der Waals surface area (Å²) in [7, 11) is 0. The maximum atomic E-state index is 12.9. The van der Waals surface area contributed by atoms with Crippen molar-refractivity contribution < 1.29 is 28.6 Å². The maximum absolute atomic E-state index is 12.9. The Morgan fingerprint density at radius 1 is 0.256 bits per heavy atom. The number of ether oxygens (including phenoxy) is 3. The first-order valence-corrected chi connectivity index (χ1v) is 33.5. The van der Waals surface area contributed by atoms with E-state index in [1.807, 2.05) is 0 Å². The van der Waals surface area contributed by atoms with Gasteiger partial charge < -0.3 is 14.2 Å². The summed E-state index contributed by atoms with van der Waals surface area (Å²) in [5.74, 6) is -0.949. The average molecular weight is 1130 g/mol. The molecular formula is C76H122O6. The molecule has 0 fully saturated rings. The highest BCUT2D eigenvalue weighted by atomic mass is 16.6. The molecule has 0 heterocycles. The molecule has 0 spiro atoms. The highest BCUT2D eigenvalue weighted by molar-refractivity contribution is 5.71. The fourth-order valence-corrected chi connectivity index (χ4v) is 8.84. The van der Waals surface area contributed by atoms with Crippen LogP contribution in [0.25, 0.3) is 0 Å². The fraction of sp³-hybridized carbons (Fsp3) is 0.618. The van der Waals surface area contributed by atoms with E-state index in [1.54, 1.807) is 0 Å². The lowest BCUT2D eigenvalue weighted by molar-refractivity contribution is -0.167. The van der Waals surface area contributed by atoms with Gasteiger partial charge in [-0.3, -0.25) is 14.4 Å². The highest BCUT2D eigenvalue weighted by Gasteiger charge is 2.19. The molecule has 0 aliphatic carbocycles. The number of carbonyl (C=O) groups is 3. The van der Waals surface area contributed by atoms with Gasteiger partial charge in [-0.25, -0.2) is 0 Å². The van der Waals surface area contributed by atoms with Gasteiger partial charge in [0, 0.05) is 19.3 Å². The van der Waals surface area contributed by atoms with E-state index in [0.29, 0.717) is 19.3 Å². The van der Waals surface area contributed by atoms with Gasteiger partial charge in [0.15, 0.2) is 6.10 Å². The van der Waals surface area contributed by atoms with E-state index >= 15 is 0 Å². The molecule has 1 atom stereocenters. The predicted molar refractivity (Wildman–Crippen MR) is 357 cm³/mol. The summed E-state index contributed by atoms with van der Waals surface area (Å²) in [4.78, 5) is 38.2. The minimum absolute atomic E-state index is 0.0987. The Labute approximate surface area is 505 Å². The van der Waals surface area contributed by atoms with E-state index in [-0.39, 0.29) is 37.5 Å². The minimum atomic E-state index is -0.805. The van der Waals surface area contributed by atoms with Crippen LogP contribution in [0, 0.1) is 0 Å². The highest BCUT2D eigenvalue weighted by Crippen LogP contribution is 2.15. The first kappa shape index (κ1) is 77.0. The van der Waals surface area contributed by atoms with Gasteiger partial charge in [-0.15, -0.1) is 0 Å². The van der Waals surface area contributed by atoms with Crippen LogP contribution >= 0.6 is 0 Å². The summed E-state index contributed by atoms with van der Waals surface area (Å²) in [6.07, 6.45) is 100.0. The van der Waals surface area contributed by atoms with Crippen molar-refractivity contribution in [2.45, 2.75) is 290 Å². The van der Waals surface area contributed by atoms with Crippen molar-refractivity contribution in [3.05, 3.63) is 158 Å². The molecule has 0 aliphatic rings. The molecular weight excluding hydrogens is 1010 g/mol. The average Bonchev–Trinajstić information content (AvgIpc) is 3.47. The number of allylic oxidation sites excluding steroid dienone is 26. The quantitative estimate of drug-likeness (QED) is 0.0261. The van der Waals surface area contributed by atoms with E-state index in [2.05, 4.69) is 179 Å². The van der Waals surface area contributed by atoms with Gasteiger partial charge in [0.1, 0.15) is 13.2 Å². The Bertz CT molecular complexity index is 1830. The maximum Gasteiger partial charge on any atom is 0.306 e. The molecule has 462 valence electrons. The normalized spacial score (nSPS) is 13.2. The monoisotopic (exact) mass is 1130 g/mol. The molecule has 0 radical (unpaired) electrons. The topological polar surface area (TPSA) is 78.9 Å². The van der Waals surface area contributed by atoms with E-state index in [4.69, 9.17) is 14.2 Å². The molecule has 0 rings (SSSR count). The van der Waals surface area contributed by atoms with Crippen LogP contribution in [0.5, 0.6) is 0 Å². The molecule has 6 nitrogen and oxygen atoms in total. The van der Waals surface area contributed by atoms with E-state index in [0.717, 1.165) is 135 Å². The number of carbonyl (C=O) groups excluding carboxylic acids is 3. The van der Waals surface area contributed by atoms with Crippen LogP contribution in [0.4, 0.5) is 0 Å². The molecule has 6 heteroatoms. The summed E-state index contributed by atoms with van der Waals surface area (Å²) >= 11 is 0. The van der Waals surface area contributed by atoms with Gasteiger partial charge in [-0.05, 0) is 128 Å². The third kappa shape index (κ3) is 65.8. The van der Waals surface area contributed by atoms with Crippen LogP contribution in [-0.4, -0.2) is 37.2 Å². The zero-order chi connectivity index (χ0) is 59.2. The standard InChI is InChI=1S/C76H122O6/c1-4-7-10-13-16-19-21-23-25-27-29-31-32-33-34-35-36-37-38-39-40-41-42-43-44-46-47-49-51-53-55-57-60-63-66-69-75(78)81-72-73(71-80-74(77)68-65-62-59-18-15-12-9-6-3)82-76(79)70-67-64-61-58-56-54-52-50-48-45-30-28-26-24-22-20-17-14-11-8-5-2/h7-8,10-11,16-17,19-20,23-26,29-31,33-34,36-37,39-40,45,50,52,56,58,73H,4-6,9,12-15,18,21-22,27-28,32,35,38,41-44,46-49,51,53-55,57,59-72H2,1-3H3/b10-7-,11-8-,19-16-,20-17-,25-23-,26-24-,31-29-,34-33-,37-36-,40-39-,45-30-,52-50-,58-56-. The number of hydrogen-bond donors (Lipinski definition) is 0. The molecule has 82 heavy (non-hydrogen) atoms. The molecule has 0 bridgehead atoms. The molecule has 0 aromatic carbocycles. The van der Waals surface area contributed by atoms with Crippen LogP contribution in [0.15, 0.2) is 158 Å². The number of rotatable bonds is 59. The van der Waals surface area contributed by atoms with Crippen molar-refractivity contribution in [2.24, 2.45) is 0 Å². The molecule has 0 amide bonds. The lowest BCUT2D eigenvalue weighted by atomic mass is 10.0. The van der Waals surface area contributed by atoms with Crippen molar-refractivity contribution in [2.75, 3.05) is 13.2 Å². The Hall–Kier alpha value is -4.97.